The van der Waals surface area contributed by atoms with E-state index in [2.05, 4.69) is 37.4 Å². The van der Waals surface area contributed by atoms with Crippen LogP contribution in [-0.4, -0.2) is 56.0 Å². The molecule has 2 aliphatic heterocycles. The summed E-state index contributed by atoms with van der Waals surface area (Å²) in [6, 6.07) is 6.47. The average molecular weight is 332 g/mol. The Bertz CT molecular complexity index is 576. The van der Waals surface area contributed by atoms with Gasteiger partial charge < -0.3 is 19.7 Å². The second kappa shape index (κ2) is 7.53. The monoisotopic (exact) mass is 332 g/mol. The number of ether oxygens (including phenoxy) is 2. The Morgan fingerprint density at radius 1 is 1.33 bits per heavy atom. The van der Waals surface area contributed by atoms with Crippen LogP contribution in [-0.2, 0) is 15.9 Å². The molecule has 5 nitrogen and oxygen atoms in total. The van der Waals surface area contributed by atoms with Crippen molar-refractivity contribution in [3.8, 4) is 0 Å². The number of carbonyl (C=O) groups excluding carboxylic acids is 1. The summed E-state index contributed by atoms with van der Waals surface area (Å²) in [6.07, 6.45) is 2.83. The third kappa shape index (κ3) is 4.08. The maximum atomic E-state index is 12.5. The van der Waals surface area contributed by atoms with Gasteiger partial charge in [0.2, 0.25) is 0 Å². The highest BCUT2D eigenvalue weighted by atomic mass is 16.5. The molecule has 24 heavy (non-hydrogen) atoms. The number of hydrogen-bond acceptors (Lipinski definition) is 3. The lowest BCUT2D eigenvalue weighted by Gasteiger charge is -2.44. The van der Waals surface area contributed by atoms with Gasteiger partial charge in [0.15, 0.2) is 0 Å². The standard InChI is InChI=1S/C19H28N2O3/c1-15-4-5-17(16(2)12-15)6-8-20-18(22)21-9-11-24-19(13-21)7-3-10-23-14-19/h4-5,12H,3,6-11,13-14H2,1-2H3,(H,20,22)/t19-/m1/s1. The molecule has 2 saturated heterocycles. The molecule has 1 aromatic rings. The average Bonchev–Trinajstić information content (AvgIpc) is 2.57. The molecular weight excluding hydrogens is 304 g/mol. The van der Waals surface area contributed by atoms with Gasteiger partial charge >= 0.3 is 6.03 Å². The Morgan fingerprint density at radius 2 is 2.21 bits per heavy atom. The minimum absolute atomic E-state index is 0.00742. The van der Waals surface area contributed by atoms with Crippen LogP contribution in [0.2, 0.25) is 0 Å². The molecule has 0 aromatic heterocycles. The van der Waals surface area contributed by atoms with Crippen molar-refractivity contribution in [3.63, 3.8) is 0 Å². The highest BCUT2D eigenvalue weighted by Crippen LogP contribution is 2.27. The fourth-order valence-corrected chi connectivity index (χ4v) is 3.63. The van der Waals surface area contributed by atoms with Crippen LogP contribution >= 0.6 is 0 Å². The number of morpholine rings is 1. The summed E-state index contributed by atoms with van der Waals surface area (Å²) >= 11 is 0. The lowest BCUT2D eigenvalue weighted by Crippen LogP contribution is -2.59. The third-order valence-electron chi connectivity index (χ3n) is 4.99. The summed E-state index contributed by atoms with van der Waals surface area (Å²) in [6.45, 7) is 8.14. The van der Waals surface area contributed by atoms with Crippen molar-refractivity contribution in [2.24, 2.45) is 0 Å². The molecule has 2 fully saturated rings. The Balaban J connectivity index is 1.49. The number of aryl methyl sites for hydroxylation is 2. The lowest BCUT2D eigenvalue weighted by molar-refractivity contribution is -0.160. The number of carbonyl (C=O) groups is 1. The maximum absolute atomic E-state index is 12.5. The zero-order chi connectivity index (χ0) is 17.0. The van der Waals surface area contributed by atoms with Crippen LogP contribution in [0.3, 0.4) is 0 Å². The van der Waals surface area contributed by atoms with Crippen LogP contribution in [0.5, 0.6) is 0 Å². The summed E-state index contributed by atoms with van der Waals surface area (Å²) in [5.74, 6) is 0. The van der Waals surface area contributed by atoms with Crippen molar-refractivity contribution >= 4 is 6.03 Å². The van der Waals surface area contributed by atoms with Gasteiger partial charge in [-0.05, 0) is 44.2 Å². The number of nitrogens with one attached hydrogen (secondary N) is 1. The van der Waals surface area contributed by atoms with Crippen LogP contribution in [0.4, 0.5) is 4.79 Å². The van der Waals surface area contributed by atoms with E-state index < -0.39 is 0 Å². The van der Waals surface area contributed by atoms with Crippen LogP contribution in [0, 0.1) is 13.8 Å². The van der Waals surface area contributed by atoms with Crippen molar-refractivity contribution in [2.75, 3.05) is 39.5 Å². The van der Waals surface area contributed by atoms with E-state index in [9.17, 15) is 4.79 Å². The number of rotatable bonds is 3. The van der Waals surface area contributed by atoms with E-state index in [0.717, 1.165) is 25.9 Å². The maximum Gasteiger partial charge on any atom is 0.317 e. The first kappa shape index (κ1) is 17.2. The number of urea groups is 1. The van der Waals surface area contributed by atoms with E-state index in [4.69, 9.17) is 9.47 Å². The van der Waals surface area contributed by atoms with Gasteiger partial charge in [0.05, 0.1) is 19.8 Å². The van der Waals surface area contributed by atoms with Crippen molar-refractivity contribution in [2.45, 2.75) is 38.7 Å². The second-order valence-corrected chi connectivity index (χ2v) is 7.02. The summed E-state index contributed by atoms with van der Waals surface area (Å²) in [5, 5.41) is 3.06. The van der Waals surface area contributed by atoms with Gasteiger partial charge in [-0.1, -0.05) is 23.8 Å². The summed E-state index contributed by atoms with van der Waals surface area (Å²) < 4.78 is 11.5. The quantitative estimate of drug-likeness (QED) is 0.925. The van der Waals surface area contributed by atoms with E-state index in [1.807, 2.05) is 4.90 Å². The molecule has 1 spiro atoms. The Hall–Kier alpha value is -1.59. The topological polar surface area (TPSA) is 50.8 Å². The molecule has 0 radical (unpaired) electrons. The molecule has 1 atom stereocenters. The SMILES string of the molecule is Cc1ccc(CCNC(=O)N2CCO[C@]3(CCCOC3)C2)c(C)c1. The van der Waals surface area contributed by atoms with Crippen molar-refractivity contribution < 1.29 is 14.3 Å². The zero-order valence-corrected chi connectivity index (χ0v) is 14.8. The molecule has 2 aliphatic rings. The number of nitrogens with zero attached hydrogens (tertiary/aromatic N) is 1. The molecule has 132 valence electrons. The van der Waals surface area contributed by atoms with Crippen LogP contribution in [0.25, 0.3) is 0 Å². The van der Waals surface area contributed by atoms with Gasteiger partial charge in [-0.15, -0.1) is 0 Å². The van der Waals surface area contributed by atoms with Crippen molar-refractivity contribution in [1.82, 2.24) is 10.2 Å². The number of benzene rings is 1. The molecule has 1 aromatic carbocycles. The zero-order valence-electron chi connectivity index (χ0n) is 14.8. The van der Waals surface area contributed by atoms with Crippen molar-refractivity contribution in [1.29, 1.82) is 0 Å². The minimum Gasteiger partial charge on any atom is -0.378 e. The Morgan fingerprint density at radius 3 is 2.96 bits per heavy atom. The molecule has 0 bridgehead atoms. The van der Waals surface area contributed by atoms with Gasteiger partial charge in [0, 0.05) is 19.7 Å². The number of amides is 2. The molecule has 5 heteroatoms. The van der Waals surface area contributed by atoms with Gasteiger partial charge in [-0.3, -0.25) is 0 Å². The molecule has 2 amide bonds. The van der Waals surface area contributed by atoms with Crippen LogP contribution in [0.15, 0.2) is 18.2 Å². The first-order valence-corrected chi connectivity index (χ1v) is 8.89. The molecule has 0 aliphatic carbocycles. The molecule has 2 heterocycles. The largest absolute Gasteiger partial charge is 0.378 e. The van der Waals surface area contributed by atoms with Crippen molar-refractivity contribution in [3.05, 3.63) is 34.9 Å². The Kier molecular flexibility index (Phi) is 5.41. The van der Waals surface area contributed by atoms with E-state index in [0.29, 0.717) is 32.8 Å². The van der Waals surface area contributed by atoms with Gasteiger partial charge in [0.25, 0.3) is 0 Å². The van der Waals surface area contributed by atoms with Gasteiger partial charge in [-0.2, -0.15) is 0 Å². The molecule has 3 rings (SSSR count). The predicted octanol–water partition coefficient (Wildman–Crippen LogP) is 2.44. The van der Waals surface area contributed by atoms with E-state index in [-0.39, 0.29) is 11.6 Å². The first-order chi connectivity index (χ1) is 11.6. The predicted molar refractivity (Wildman–Crippen MR) is 93.3 cm³/mol. The highest BCUT2D eigenvalue weighted by Gasteiger charge is 2.40. The van der Waals surface area contributed by atoms with Gasteiger partial charge in [-0.25, -0.2) is 4.79 Å². The lowest BCUT2D eigenvalue weighted by atomic mass is 9.94. The van der Waals surface area contributed by atoms with E-state index in [1.165, 1.54) is 16.7 Å². The first-order valence-electron chi connectivity index (χ1n) is 8.89. The molecule has 0 unspecified atom stereocenters. The molecule has 0 saturated carbocycles. The Labute approximate surface area is 144 Å². The van der Waals surface area contributed by atoms with E-state index in [1.54, 1.807) is 0 Å². The molecule has 1 N–H and O–H groups in total. The smallest absolute Gasteiger partial charge is 0.317 e. The summed E-state index contributed by atoms with van der Waals surface area (Å²) in [7, 11) is 0. The normalized spacial score (nSPS) is 24.2. The fourth-order valence-electron chi connectivity index (χ4n) is 3.63. The van der Waals surface area contributed by atoms with E-state index >= 15 is 0 Å². The fraction of sp³-hybridized carbons (Fsp3) is 0.632. The van der Waals surface area contributed by atoms with Gasteiger partial charge in [0.1, 0.15) is 5.60 Å². The molecular formula is C19H28N2O3. The summed E-state index contributed by atoms with van der Waals surface area (Å²) in [4.78, 5) is 14.3. The summed E-state index contributed by atoms with van der Waals surface area (Å²) in [5.41, 5.74) is 3.56. The number of hydrogen-bond donors (Lipinski definition) is 1. The highest BCUT2D eigenvalue weighted by molar-refractivity contribution is 5.74. The third-order valence-corrected chi connectivity index (χ3v) is 4.99. The van der Waals surface area contributed by atoms with Crippen LogP contribution < -0.4 is 5.32 Å². The minimum atomic E-state index is -0.290. The second-order valence-electron chi connectivity index (χ2n) is 7.02. The van der Waals surface area contributed by atoms with Crippen LogP contribution in [0.1, 0.15) is 29.5 Å².